The molecule has 0 amide bonds. The van der Waals surface area contributed by atoms with Crippen LogP contribution in [0.2, 0.25) is 0 Å². The molecule has 90 valence electrons. The van der Waals surface area contributed by atoms with E-state index in [1.807, 2.05) is 0 Å². The van der Waals surface area contributed by atoms with Gasteiger partial charge in [-0.3, -0.25) is 0 Å². The van der Waals surface area contributed by atoms with E-state index >= 15 is 0 Å². The van der Waals surface area contributed by atoms with E-state index < -0.39 is 17.4 Å². The van der Waals surface area contributed by atoms with Crippen molar-refractivity contribution in [1.82, 2.24) is 0 Å². The molecular formula is C13H19F2N. The van der Waals surface area contributed by atoms with Crippen molar-refractivity contribution in [2.45, 2.75) is 39.2 Å². The first-order valence-corrected chi connectivity index (χ1v) is 5.43. The molecule has 0 unspecified atom stereocenters. The normalized spacial score (nSPS) is 13.2. The molecule has 0 atom stereocenters. The zero-order valence-electron chi connectivity index (χ0n) is 10.2. The Morgan fingerprint density at radius 2 is 1.62 bits per heavy atom. The highest BCUT2D eigenvalue weighted by Gasteiger charge is 2.36. The van der Waals surface area contributed by atoms with E-state index in [-0.39, 0.29) is 5.56 Å². The van der Waals surface area contributed by atoms with E-state index in [1.165, 1.54) is 26.0 Å². The number of hydrogen-bond acceptors (Lipinski definition) is 1. The maximum absolute atomic E-state index is 13.8. The summed E-state index contributed by atoms with van der Waals surface area (Å²) >= 11 is 0. The molecule has 3 heteroatoms. The second-order valence-corrected chi connectivity index (χ2v) is 5.08. The van der Waals surface area contributed by atoms with Crippen LogP contribution >= 0.6 is 0 Å². The summed E-state index contributed by atoms with van der Waals surface area (Å²) in [4.78, 5) is 0. The Kier molecular flexibility index (Phi) is 3.38. The number of hydrogen-bond donors (Lipinski definition) is 1. The molecule has 0 aliphatic rings. The maximum Gasteiger partial charge on any atom is 0.275 e. The lowest BCUT2D eigenvalue weighted by molar-refractivity contribution is -0.0514. The number of nitrogens with two attached hydrogens (primary N) is 1. The Balaban J connectivity index is 3.18. The van der Waals surface area contributed by atoms with Gasteiger partial charge in [-0.1, -0.05) is 32.0 Å². The summed E-state index contributed by atoms with van der Waals surface area (Å²) in [6.45, 7) is 6.64. The molecule has 16 heavy (non-hydrogen) atoms. The minimum Gasteiger partial charge on any atom is -0.322 e. The van der Waals surface area contributed by atoms with Gasteiger partial charge >= 0.3 is 0 Å². The van der Waals surface area contributed by atoms with Crippen molar-refractivity contribution in [1.29, 1.82) is 0 Å². The number of halogens is 2. The summed E-state index contributed by atoms with van der Waals surface area (Å²) in [5, 5.41) is 0. The largest absolute Gasteiger partial charge is 0.322 e. The highest BCUT2D eigenvalue weighted by molar-refractivity contribution is 5.31. The van der Waals surface area contributed by atoms with Crippen molar-refractivity contribution < 1.29 is 8.78 Å². The molecule has 1 aromatic rings. The van der Waals surface area contributed by atoms with Crippen molar-refractivity contribution in [3.05, 3.63) is 35.4 Å². The Morgan fingerprint density at radius 3 is 2.06 bits per heavy atom. The third-order valence-electron chi connectivity index (χ3n) is 2.72. The fourth-order valence-electron chi connectivity index (χ4n) is 1.46. The third-order valence-corrected chi connectivity index (χ3v) is 2.72. The van der Waals surface area contributed by atoms with Crippen LogP contribution in [0.5, 0.6) is 0 Å². The van der Waals surface area contributed by atoms with E-state index in [0.717, 1.165) is 5.56 Å². The van der Waals surface area contributed by atoms with Crippen LogP contribution in [-0.4, -0.2) is 0 Å². The van der Waals surface area contributed by atoms with Gasteiger partial charge in [0, 0.05) is 17.0 Å². The van der Waals surface area contributed by atoms with E-state index in [0.29, 0.717) is 0 Å². The van der Waals surface area contributed by atoms with Gasteiger partial charge in [0.1, 0.15) is 0 Å². The molecule has 0 saturated carbocycles. The average Bonchev–Trinajstić information content (AvgIpc) is 2.16. The van der Waals surface area contributed by atoms with Crippen LogP contribution in [0.25, 0.3) is 0 Å². The number of alkyl halides is 2. The molecule has 1 aromatic carbocycles. The van der Waals surface area contributed by atoms with Crippen LogP contribution in [0.4, 0.5) is 8.78 Å². The Bertz CT molecular complexity index is 364. The molecule has 2 N–H and O–H groups in total. The van der Waals surface area contributed by atoms with Gasteiger partial charge in [-0.15, -0.1) is 0 Å². The Labute approximate surface area is 95.7 Å². The quantitative estimate of drug-likeness (QED) is 0.838. The molecule has 0 fully saturated rings. The van der Waals surface area contributed by atoms with E-state index in [1.54, 1.807) is 26.0 Å². The number of rotatable bonds is 3. The minimum atomic E-state index is -2.80. The van der Waals surface area contributed by atoms with Crippen molar-refractivity contribution >= 4 is 0 Å². The monoisotopic (exact) mass is 227 g/mol. The molecule has 0 aliphatic carbocycles. The van der Waals surface area contributed by atoms with E-state index in [9.17, 15) is 8.78 Å². The average molecular weight is 227 g/mol. The molecule has 0 saturated heterocycles. The highest BCUT2D eigenvalue weighted by atomic mass is 19.3. The van der Waals surface area contributed by atoms with Crippen LogP contribution in [0, 0.1) is 5.92 Å². The first kappa shape index (κ1) is 13.1. The second kappa shape index (κ2) is 4.13. The maximum atomic E-state index is 13.8. The van der Waals surface area contributed by atoms with Crippen LogP contribution in [0.15, 0.2) is 24.3 Å². The van der Waals surface area contributed by atoms with Crippen molar-refractivity contribution in [2.75, 3.05) is 0 Å². The first-order chi connectivity index (χ1) is 7.15. The molecule has 0 spiro atoms. The topological polar surface area (TPSA) is 26.0 Å². The lowest BCUT2D eigenvalue weighted by Gasteiger charge is -2.24. The van der Waals surface area contributed by atoms with E-state index in [4.69, 9.17) is 5.73 Å². The van der Waals surface area contributed by atoms with Crippen molar-refractivity contribution in [3.8, 4) is 0 Å². The summed E-state index contributed by atoms with van der Waals surface area (Å²) in [5.74, 6) is -3.52. The summed E-state index contributed by atoms with van der Waals surface area (Å²) in [5.41, 5.74) is 6.07. The van der Waals surface area contributed by atoms with Gasteiger partial charge in [0.2, 0.25) is 0 Å². The second-order valence-electron chi connectivity index (χ2n) is 5.08. The van der Waals surface area contributed by atoms with Crippen molar-refractivity contribution in [2.24, 2.45) is 11.7 Å². The van der Waals surface area contributed by atoms with E-state index in [2.05, 4.69) is 0 Å². The van der Waals surface area contributed by atoms with Gasteiger partial charge in [-0.05, 0) is 25.5 Å². The van der Waals surface area contributed by atoms with Crippen LogP contribution < -0.4 is 5.73 Å². The smallest absolute Gasteiger partial charge is 0.275 e. The van der Waals surface area contributed by atoms with Crippen LogP contribution in [0.1, 0.15) is 38.8 Å². The molecule has 0 bridgehead atoms. The Morgan fingerprint density at radius 1 is 1.12 bits per heavy atom. The number of benzene rings is 1. The summed E-state index contributed by atoms with van der Waals surface area (Å²) in [6, 6.07) is 6.37. The lowest BCUT2D eigenvalue weighted by atomic mass is 9.90. The molecule has 1 rings (SSSR count). The fourth-order valence-corrected chi connectivity index (χ4v) is 1.46. The van der Waals surface area contributed by atoms with Gasteiger partial charge in [0.05, 0.1) is 0 Å². The van der Waals surface area contributed by atoms with Gasteiger partial charge in [0.15, 0.2) is 0 Å². The zero-order chi connectivity index (χ0) is 12.6. The SMILES string of the molecule is CC(C)C(F)(F)c1cccc(C(C)(C)N)c1. The lowest BCUT2D eigenvalue weighted by Crippen LogP contribution is -2.29. The molecule has 0 aromatic heterocycles. The standard InChI is InChI=1S/C13H19F2N/c1-9(2)13(14,15)11-7-5-6-10(8-11)12(3,4)16/h5-9H,16H2,1-4H3. The predicted octanol–water partition coefficient (Wildman–Crippen LogP) is 3.63. The molecule has 0 radical (unpaired) electrons. The summed E-state index contributed by atoms with van der Waals surface area (Å²) < 4.78 is 27.6. The van der Waals surface area contributed by atoms with Gasteiger partial charge in [-0.25, -0.2) is 8.78 Å². The summed E-state index contributed by atoms with van der Waals surface area (Å²) in [7, 11) is 0. The Hall–Kier alpha value is -0.960. The molecule has 1 nitrogen and oxygen atoms in total. The third kappa shape index (κ3) is 2.59. The molecular weight excluding hydrogens is 208 g/mol. The highest BCUT2D eigenvalue weighted by Crippen LogP contribution is 2.36. The fraction of sp³-hybridized carbons (Fsp3) is 0.538. The van der Waals surface area contributed by atoms with Crippen molar-refractivity contribution in [3.63, 3.8) is 0 Å². The molecule has 0 aliphatic heterocycles. The first-order valence-electron chi connectivity index (χ1n) is 5.43. The molecule has 0 heterocycles. The van der Waals surface area contributed by atoms with Crippen LogP contribution in [-0.2, 0) is 11.5 Å². The van der Waals surface area contributed by atoms with Gasteiger partial charge in [-0.2, -0.15) is 0 Å². The summed E-state index contributed by atoms with van der Waals surface area (Å²) in [6.07, 6.45) is 0. The predicted molar refractivity (Wildman–Crippen MR) is 62.4 cm³/mol. The zero-order valence-corrected chi connectivity index (χ0v) is 10.2. The van der Waals surface area contributed by atoms with Gasteiger partial charge in [0.25, 0.3) is 5.92 Å². The van der Waals surface area contributed by atoms with Gasteiger partial charge < -0.3 is 5.73 Å². The van der Waals surface area contributed by atoms with Crippen LogP contribution in [0.3, 0.4) is 0 Å². The minimum absolute atomic E-state index is 0.0403.